The number of fused-ring (bicyclic) bond motifs is 1. The van der Waals surface area contributed by atoms with Gasteiger partial charge in [0.15, 0.2) is 5.78 Å². The van der Waals surface area contributed by atoms with Gasteiger partial charge in [0.25, 0.3) is 0 Å². The Kier molecular flexibility index (Phi) is 3.86. The van der Waals surface area contributed by atoms with Crippen LogP contribution in [0.25, 0.3) is 0 Å². The van der Waals surface area contributed by atoms with E-state index in [2.05, 4.69) is 4.98 Å². The number of pyridine rings is 1. The summed E-state index contributed by atoms with van der Waals surface area (Å²) in [6.07, 6.45) is 2.70. The van der Waals surface area contributed by atoms with Crippen LogP contribution in [-0.2, 0) is 17.5 Å². The lowest BCUT2D eigenvalue weighted by Gasteiger charge is -2.19. The molecular formula is C16H16BNO3. The first kappa shape index (κ1) is 14.0. The van der Waals surface area contributed by atoms with Crippen molar-refractivity contribution < 1.29 is 14.5 Å². The minimum atomic E-state index is -0.884. The third kappa shape index (κ3) is 3.04. The van der Waals surface area contributed by atoms with Crippen molar-refractivity contribution in [2.45, 2.75) is 19.8 Å². The highest BCUT2D eigenvalue weighted by Gasteiger charge is 2.25. The predicted molar refractivity (Wildman–Crippen MR) is 80.7 cm³/mol. The van der Waals surface area contributed by atoms with E-state index in [1.54, 1.807) is 12.3 Å². The van der Waals surface area contributed by atoms with E-state index in [1.807, 2.05) is 31.2 Å². The molecule has 0 radical (unpaired) electrons. The molecule has 4 nitrogen and oxygen atoms in total. The number of benzene rings is 1. The minimum Gasteiger partial charge on any atom is -0.423 e. The van der Waals surface area contributed by atoms with Crippen LogP contribution >= 0.6 is 0 Å². The van der Waals surface area contributed by atoms with Crippen LogP contribution in [0.15, 0.2) is 36.5 Å². The number of aryl methyl sites for hydroxylation is 1. The zero-order valence-corrected chi connectivity index (χ0v) is 11.9. The van der Waals surface area contributed by atoms with Gasteiger partial charge in [0.05, 0.1) is 0 Å². The van der Waals surface area contributed by atoms with Crippen molar-refractivity contribution in [1.29, 1.82) is 0 Å². The Labute approximate surface area is 123 Å². The van der Waals surface area contributed by atoms with E-state index in [-0.39, 0.29) is 5.78 Å². The van der Waals surface area contributed by atoms with Gasteiger partial charge >= 0.3 is 7.12 Å². The average molecular weight is 281 g/mol. The molecule has 106 valence electrons. The van der Waals surface area contributed by atoms with Crippen molar-refractivity contribution in [3.05, 3.63) is 58.9 Å². The number of carbonyl (C=O) groups excluding carboxylic acids is 1. The van der Waals surface area contributed by atoms with E-state index in [9.17, 15) is 9.82 Å². The van der Waals surface area contributed by atoms with Crippen LogP contribution < -0.4 is 5.46 Å². The lowest BCUT2D eigenvalue weighted by molar-refractivity contribution is 0.0992. The van der Waals surface area contributed by atoms with Crippen molar-refractivity contribution in [3.8, 4) is 0 Å². The topological polar surface area (TPSA) is 59.4 Å². The van der Waals surface area contributed by atoms with E-state index >= 15 is 0 Å². The molecule has 1 aromatic heterocycles. The number of aromatic nitrogens is 1. The molecule has 3 rings (SSSR count). The summed E-state index contributed by atoms with van der Waals surface area (Å²) in [7, 11) is -0.884. The van der Waals surface area contributed by atoms with Crippen LogP contribution in [0, 0.1) is 6.92 Å². The number of hydrogen-bond donors (Lipinski definition) is 1. The molecule has 0 saturated carbocycles. The van der Waals surface area contributed by atoms with Crippen LogP contribution in [0.5, 0.6) is 0 Å². The van der Waals surface area contributed by atoms with Gasteiger partial charge in [-0.2, -0.15) is 0 Å². The summed E-state index contributed by atoms with van der Waals surface area (Å²) < 4.78 is 5.22. The number of hydrogen-bond acceptors (Lipinski definition) is 4. The summed E-state index contributed by atoms with van der Waals surface area (Å²) in [4.78, 5) is 16.4. The number of nitrogens with zero attached hydrogens (tertiary/aromatic N) is 1. The van der Waals surface area contributed by atoms with Gasteiger partial charge in [-0.05, 0) is 42.1 Å². The molecule has 21 heavy (non-hydrogen) atoms. The Hall–Kier alpha value is -1.98. The van der Waals surface area contributed by atoms with Crippen molar-refractivity contribution >= 4 is 18.4 Å². The van der Waals surface area contributed by atoms with Crippen LogP contribution in [0.3, 0.4) is 0 Å². The summed E-state index contributed by atoms with van der Waals surface area (Å²) >= 11 is 0. The highest BCUT2D eigenvalue weighted by atomic mass is 16.5. The molecule has 1 N–H and O–H groups in total. The van der Waals surface area contributed by atoms with Crippen LogP contribution in [0.2, 0.25) is 0 Å². The lowest BCUT2D eigenvalue weighted by atomic mass is 9.73. The third-order valence-corrected chi connectivity index (χ3v) is 3.72. The standard InChI is InChI=1S/C16H16BNO3/c1-11-2-4-14(10-18-11)16(19)9-12-3-5-13-6-7-21-17(20)15(13)8-12/h2-5,8,10,20H,6-7,9H2,1H3. The minimum absolute atomic E-state index is 0.0219. The Morgan fingerprint density at radius 1 is 1.38 bits per heavy atom. The number of ketones is 1. The van der Waals surface area contributed by atoms with Gasteiger partial charge in [-0.25, -0.2) is 0 Å². The first-order chi connectivity index (χ1) is 10.1. The van der Waals surface area contributed by atoms with E-state index in [4.69, 9.17) is 4.65 Å². The number of rotatable bonds is 3. The summed E-state index contributed by atoms with van der Waals surface area (Å²) in [5.41, 5.74) is 4.23. The molecule has 5 heteroatoms. The highest BCUT2D eigenvalue weighted by Crippen LogP contribution is 2.12. The Bertz CT molecular complexity index is 670. The molecule has 1 aromatic carbocycles. The third-order valence-electron chi connectivity index (χ3n) is 3.72. The van der Waals surface area contributed by atoms with Gasteiger partial charge in [-0.15, -0.1) is 0 Å². The molecule has 0 atom stereocenters. The summed E-state index contributed by atoms with van der Waals surface area (Å²) in [5, 5.41) is 9.85. The summed E-state index contributed by atoms with van der Waals surface area (Å²) in [6.45, 7) is 2.42. The Balaban J connectivity index is 1.80. The maximum absolute atomic E-state index is 12.2. The first-order valence-electron chi connectivity index (χ1n) is 7.01. The lowest BCUT2D eigenvalue weighted by Crippen LogP contribution is -2.41. The molecule has 1 aliphatic heterocycles. The molecule has 0 fully saturated rings. The maximum Gasteiger partial charge on any atom is 0.491 e. The van der Waals surface area contributed by atoms with Crippen molar-refractivity contribution in [3.63, 3.8) is 0 Å². The van der Waals surface area contributed by atoms with Crippen LogP contribution in [0.1, 0.15) is 27.2 Å². The SMILES string of the molecule is Cc1ccc(C(=O)Cc2ccc3c(c2)B(O)OCC3)cn1. The number of Topliss-reactive ketones (excluding diaryl/α,β-unsaturated/α-hetero) is 1. The molecule has 0 aliphatic carbocycles. The highest BCUT2D eigenvalue weighted by molar-refractivity contribution is 6.60. The van der Waals surface area contributed by atoms with Crippen molar-refractivity contribution in [2.24, 2.45) is 0 Å². The molecular weight excluding hydrogens is 265 g/mol. The largest absolute Gasteiger partial charge is 0.491 e. The van der Waals surface area contributed by atoms with E-state index < -0.39 is 7.12 Å². The molecule has 0 unspecified atom stereocenters. The molecule has 0 bridgehead atoms. The van der Waals surface area contributed by atoms with Gasteiger partial charge in [0, 0.05) is 30.5 Å². The zero-order valence-electron chi connectivity index (χ0n) is 11.9. The van der Waals surface area contributed by atoms with E-state index in [0.29, 0.717) is 18.6 Å². The van der Waals surface area contributed by atoms with Gasteiger partial charge in [0.2, 0.25) is 0 Å². The van der Waals surface area contributed by atoms with Crippen molar-refractivity contribution in [2.75, 3.05) is 6.61 Å². The molecule has 0 amide bonds. The predicted octanol–water partition coefficient (Wildman–Crippen LogP) is 1.08. The monoisotopic (exact) mass is 281 g/mol. The first-order valence-corrected chi connectivity index (χ1v) is 7.01. The quantitative estimate of drug-likeness (QED) is 0.675. The van der Waals surface area contributed by atoms with E-state index in [0.717, 1.165) is 28.7 Å². The zero-order chi connectivity index (χ0) is 14.8. The average Bonchev–Trinajstić information content (AvgIpc) is 2.49. The van der Waals surface area contributed by atoms with Gasteiger partial charge in [-0.3, -0.25) is 9.78 Å². The summed E-state index contributed by atoms with van der Waals surface area (Å²) in [6, 6.07) is 9.39. The number of carbonyl (C=O) groups is 1. The second-order valence-corrected chi connectivity index (χ2v) is 5.29. The van der Waals surface area contributed by atoms with Crippen LogP contribution in [0.4, 0.5) is 0 Å². The van der Waals surface area contributed by atoms with Gasteiger partial charge < -0.3 is 9.68 Å². The molecule has 2 heterocycles. The van der Waals surface area contributed by atoms with Gasteiger partial charge in [-0.1, -0.05) is 18.2 Å². The second kappa shape index (κ2) is 5.80. The fourth-order valence-corrected chi connectivity index (χ4v) is 2.50. The van der Waals surface area contributed by atoms with Crippen molar-refractivity contribution in [1.82, 2.24) is 4.98 Å². The smallest absolute Gasteiger partial charge is 0.423 e. The fraction of sp³-hybridized carbons (Fsp3) is 0.250. The van der Waals surface area contributed by atoms with E-state index in [1.165, 1.54) is 0 Å². The normalized spacial score (nSPS) is 13.9. The summed E-state index contributed by atoms with van der Waals surface area (Å²) in [5.74, 6) is 0.0219. The second-order valence-electron chi connectivity index (χ2n) is 5.29. The maximum atomic E-state index is 12.2. The fourth-order valence-electron chi connectivity index (χ4n) is 2.50. The van der Waals surface area contributed by atoms with Crippen LogP contribution in [-0.4, -0.2) is 29.5 Å². The molecule has 2 aromatic rings. The molecule has 0 saturated heterocycles. The molecule has 1 aliphatic rings. The molecule has 0 spiro atoms. The van der Waals surface area contributed by atoms with Gasteiger partial charge in [0.1, 0.15) is 0 Å². The Morgan fingerprint density at radius 2 is 2.24 bits per heavy atom. The Morgan fingerprint density at radius 3 is 3.00 bits per heavy atom.